The quantitative estimate of drug-likeness (QED) is 0.569. The Morgan fingerprint density at radius 3 is 2.67 bits per heavy atom. The molecule has 0 heterocycles. The first-order chi connectivity index (χ1) is 5.79. The summed E-state index contributed by atoms with van der Waals surface area (Å²) in [6.45, 7) is 0. The maximum atomic E-state index is 10.1. The summed E-state index contributed by atoms with van der Waals surface area (Å²) >= 11 is -2.08. The van der Waals surface area contributed by atoms with Crippen LogP contribution in [-0.2, 0) is 21.3 Å². The lowest BCUT2D eigenvalue weighted by Gasteiger charge is -1.97. The van der Waals surface area contributed by atoms with E-state index in [0.29, 0.717) is 0 Å². The Morgan fingerprint density at radius 2 is 2.08 bits per heavy atom. The molecule has 1 aromatic rings. The van der Waals surface area contributed by atoms with Gasteiger partial charge in [-0.3, -0.25) is 4.55 Å². The lowest BCUT2D eigenvalue weighted by molar-refractivity contribution is 0.469. The van der Waals surface area contributed by atoms with Crippen LogP contribution in [0.15, 0.2) is 30.3 Å². The van der Waals surface area contributed by atoms with Crippen LogP contribution in [0.2, 0.25) is 0 Å². The normalized spacial score (nSPS) is 13.8. The highest BCUT2D eigenvalue weighted by molar-refractivity contribution is 7.75. The van der Waals surface area contributed by atoms with E-state index in [1.165, 1.54) is 0 Å². The molecule has 0 aliphatic rings. The van der Waals surface area contributed by atoms with Crippen LogP contribution >= 0.6 is 0 Å². The Bertz CT molecular complexity index is 252. The molecule has 0 aliphatic heterocycles. The number of rotatable bonds is 4. The van der Waals surface area contributed by atoms with Crippen molar-refractivity contribution in [3.05, 3.63) is 35.9 Å². The standard InChI is InChI=1S/C7H10O3SSi/c8-11(9)10-12-6-7-4-2-1-3-5-7/h1-5H,6,12H2,(H,8,9). The summed E-state index contributed by atoms with van der Waals surface area (Å²) < 4.78 is 23.0. The Labute approximate surface area is 76.2 Å². The van der Waals surface area contributed by atoms with Crippen LogP contribution in [0.25, 0.3) is 0 Å². The van der Waals surface area contributed by atoms with E-state index >= 15 is 0 Å². The number of hydrogen-bond acceptors (Lipinski definition) is 2. The second-order valence-electron chi connectivity index (χ2n) is 2.27. The molecule has 0 spiro atoms. The summed E-state index contributed by atoms with van der Waals surface area (Å²) in [5.41, 5.74) is 1.16. The Morgan fingerprint density at radius 1 is 1.42 bits per heavy atom. The van der Waals surface area contributed by atoms with Gasteiger partial charge in [-0.05, 0) is 11.6 Å². The molecule has 0 saturated heterocycles. The second-order valence-corrected chi connectivity index (χ2v) is 4.56. The van der Waals surface area contributed by atoms with Gasteiger partial charge in [-0.25, -0.2) is 0 Å². The summed E-state index contributed by atoms with van der Waals surface area (Å²) in [6, 6.07) is 10.6. The van der Waals surface area contributed by atoms with E-state index < -0.39 is 21.1 Å². The molecular formula is C7H10O3SSi. The highest BCUT2D eigenvalue weighted by Crippen LogP contribution is 1.98. The van der Waals surface area contributed by atoms with Crippen molar-refractivity contribution in [3.8, 4) is 0 Å². The van der Waals surface area contributed by atoms with Crippen LogP contribution in [0.5, 0.6) is 0 Å². The smallest absolute Gasteiger partial charge is 0.290 e. The molecule has 0 fully saturated rings. The lowest BCUT2D eigenvalue weighted by Crippen LogP contribution is -2.04. The van der Waals surface area contributed by atoms with Crippen molar-refractivity contribution < 1.29 is 12.6 Å². The first-order valence-corrected chi connectivity index (χ1v) is 6.18. The van der Waals surface area contributed by atoms with E-state index in [9.17, 15) is 4.21 Å². The molecule has 0 aliphatic carbocycles. The molecule has 1 atom stereocenters. The monoisotopic (exact) mass is 202 g/mol. The molecule has 1 N–H and O–H groups in total. The van der Waals surface area contributed by atoms with E-state index in [1.54, 1.807) is 0 Å². The van der Waals surface area contributed by atoms with Crippen LogP contribution in [0.3, 0.4) is 0 Å². The topological polar surface area (TPSA) is 46.5 Å². The van der Waals surface area contributed by atoms with E-state index in [1.807, 2.05) is 30.3 Å². The largest absolute Gasteiger partial charge is 0.321 e. The zero-order chi connectivity index (χ0) is 8.81. The van der Waals surface area contributed by atoms with Gasteiger partial charge in [0.1, 0.15) is 0 Å². The fourth-order valence-electron chi connectivity index (χ4n) is 0.875. The van der Waals surface area contributed by atoms with Gasteiger partial charge in [0.05, 0.1) is 0 Å². The van der Waals surface area contributed by atoms with E-state index in [4.69, 9.17) is 4.55 Å². The van der Waals surface area contributed by atoms with Crippen molar-refractivity contribution in [1.29, 1.82) is 0 Å². The van der Waals surface area contributed by atoms with Crippen molar-refractivity contribution >= 4 is 21.1 Å². The molecule has 0 bridgehead atoms. The van der Waals surface area contributed by atoms with E-state index in [0.717, 1.165) is 11.6 Å². The average Bonchev–Trinajstić information content (AvgIpc) is 2.05. The summed E-state index contributed by atoms with van der Waals surface area (Å²) in [7, 11) is -0.885. The predicted molar refractivity (Wildman–Crippen MR) is 50.5 cm³/mol. The van der Waals surface area contributed by atoms with Gasteiger partial charge in [-0.2, -0.15) is 4.21 Å². The molecule has 66 valence electrons. The van der Waals surface area contributed by atoms with Crippen LogP contribution in [0, 0.1) is 0 Å². The van der Waals surface area contributed by atoms with Gasteiger partial charge in [-0.15, -0.1) is 0 Å². The van der Waals surface area contributed by atoms with Crippen molar-refractivity contribution in [2.45, 2.75) is 6.04 Å². The number of benzene rings is 1. The zero-order valence-corrected chi connectivity index (χ0v) is 8.70. The summed E-state index contributed by atoms with van der Waals surface area (Å²) in [4.78, 5) is 0. The molecular weight excluding hydrogens is 192 g/mol. The van der Waals surface area contributed by atoms with Crippen molar-refractivity contribution in [3.63, 3.8) is 0 Å². The Hall–Kier alpha value is -0.493. The Balaban J connectivity index is 2.29. The van der Waals surface area contributed by atoms with Gasteiger partial charge in [0.15, 0.2) is 9.76 Å². The third-order valence-electron chi connectivity index (χ3n) is 1.42. The van der Waals surface area contributed by atoms with Crippen LogP contribution < -0.4 is 0 Å². The summed E-state index contributed by atoms with van der Waals surface area (Å²) in [6.07, 6.45) is 0. The van der Waals surface area contributed by atoms with Crippen LogP contribution in [0.1, 0.15) is 5.56 Å². The Kier molecular flexibility index (Phi) is 4.16. The second kappa shape index (κ2) is 5.21. The molecule has 0 saturated carbocycles. The van der Waals surface area contributed by atoms with E-state index in [2.05, 4.69) is 3.87 Å². The molecule has 1 rings (SSSR count). The fourth-order valence-corrected chi connectivity index (χ4v) is 2.35. The predicted octanol–water partition coefficient (Wildman–Crippen LogP) is 0.424. The minimum Gasteiger partial charge on any atom is -0.321 e. The van der Waals surface area contributed by atoms with Gasteiger partial charge in [0, 0.05) is 0 Å². The van der Waals surface area contributed by atoms with E-state index in [-0.39, 0.29) is 0 Å². The third-order valence-corrected chi connectivity index (χ3v) is 3.67. The van der Waals surface area contributed by atoms with Gasteiger partial charge >= 0.3 is 0 Å². The van der Waals surface area contributed by atoms with Gasteiger partial charge in [0.2, 0.25) is 0 Å². The summed E-state index contributed by atoms with van der Waals surface area (Å²) in [5.74, 6) is 0. The fraction of sp³-hybridized carbons (Fsp3) is 0.143. The molecule has 0 radical (unpaired) electrons. The van der Waals surface area contributed by atoms with Crippen LogP contribution in [-0.4, -0.2) is 18.5 Å². The molecule has 3 nitrogen and oxygen atoms in total. The van der Waals surface area contributed by atoms with Crippen molar-refractivity contribution in [2.75, 3.05) is 0 Å². The minimum absolute atomic E-state index is 0.799. The lowest BCUT2D eigenvalue weighted by atomic mass is 10.2. The highest BCUT2D eigenvalue weighted by atomic mass is 32.2. The average molecular weight is 202 g/mol. The first-order valence-electron chi connectivity index (χ1n) is 3.57. The zero-order valence-electron chi connectivity index (χ0n) is 6.47. The highest BCUT2D eigenvalue weighted by Gasteiger charge is 1.95. The van der Waals surface area contributed by atoms with Gasteiger partial charge in [0.25, 0.3) is 11.4 Å². The minimum atomic E-state index is -2.08. The van der Waals surface area contributed by atoms with Crippen LogP contribution in [0.4, 0.5) is 0 Å². The van der Waals surface area contributed by atoms with Crippen molar-refractivity contribution in [2.24, 2.45) is 0 Å². The maximum Gasteiger partial charge on any atom is 0.290 e. The molecule has 0 aromatic heterocycles. The molecule has 5 heteroatoms. The third kappa shape index (κ3) is 3.77. The molecule has 12 heavy (non-hydrogen) atoms. The molecule has 1 unspecified atom stereocenters. The van der Waals surface area contributed by atoms with Gasteiger partial charge < -0.3 is 3.87 Å². The first kappa shape index (κ1) is 9.59. The molecule has 0 amide bonds. The van der Waals surface area contributed by atoms with Crippen molar-refractivity contribution in [1.82, 2.24) is 0 Å². The summed E-state index contributed by atoms with van der Waals surface area (Å²) in [5, 5.41) is 0. The number of hydrogen-bond donors (Lipinski definition) is 1. The maximum absolute atomic E-state index is 10.1. The van der Waals surface area contributed by atoms with Gasteiger partial charge in [-0.1, -0.05) is 30.3 Å². The SMILES string of the molecule is O=S(O)O[SiH2]Cc1ccccc1. The molecule has 1 aromatic carbocycles.